The number of hydrogen-bond acceptors (Lipinski definition) is 4. The Morgan fingerprint density at radius 2 is 1.96 bits per heavy atom. The van der Waals surface area contributed by atoms with Crippen molar-refractivity contribution in [3.63, 3.8) is 0 Å². The SMILES string of the molecule is O=C1CSc2ccc(C(=O)NC(c3ccccc3)c3ccco3)cc2N1. The van der Waals surface area contributed by atoms with Crippen LogP contribution in [0.25, 0.3) is 0 Å². The summed E-state index contributed by atoms with van der Waals surface area (Å²) in [6.07, 6.45) is 1.59. The molecule has 5 nitrogen and oxygen atoms in total. The molecule has 1 aliphatic rings. The lowest BCUT2D eigenvalue weighted by molar-refractivity contribution is -0.113. The Balaban J connectivity index is 1.61. The lowest BCUT2D eigenvalue weighted by Gasteiger charge is -2.19. The Labute approximate surface area is 154 Å². The van der Waals surface area contributed by atoms with E-state index in [0.29, 0.717) is 22.8 Å². The minimum atomic E-state index is -0.390. The molecule has 1 aromatic heterocycles. The third-order valence-electron chi connectivity index (χ3n) is 4.11. The fourth-order valence-electron chi connectivity index (χ4n) is 2.86. The van der Waals surface area contributed by atoms with Crippen molar-refractivity contribution in [3.05, 3.63) is 83.8 Å². The molecular weight excluding hydrogens is 348 g/mol. The van der Waals surface area contributed by atoms with Crippen LogP contribution in [-0.2, 0) is 4.79 Å². The van der Waals surface area contributed by atoms with E-state index in [9.17, 15) is 9.59 Å². The molecule has 3 aromatic rings. The monoisotopic (exact) mass is 364 g/mol. The van der Waals surface area contributed by atoms with Crippen molar-refractivity contribution in [3.8, 4) is 0 Å². The molecule has 130 valence electrons. The Kier molecular flexibility index (Phi) is 4.50. The number of fused-ring (bicyclic) bond motifs is 1. The Morgan fingerprint density at radius 1 is 1.12 bits per heavy atom. The average Bonchev–Trinajstić information content (AvgIpc) is 3.20. The molecule has 0 spiro atoms. The van der Waals surface area contributed by atoms with Crippen LogP contribution >= 0.6 is 11.8 Å². The Morgan fingerprint density at radius 3 is 2.73 bits per heavy atom. The average molecular weight is 364 g/mol. The minimum Gasteiger partial charge on any atom is -0.467 e. The number of hydrogen-bond donors (Lipinski definition) is 2. The van der Waals surface area contributed by atoms with Gasteiger partial charge in [0.15, 0.2) is 0 Å². The molecule has 0 radical (unpaired) electrons. The summed E-state index contributed by atoms with van der Waals surface area (Å²) in [4.78, 5) is 25.4. The van der Waals surface area contributed by atoms with E-state index < -0.39 is 6.04 Å². The molecule has 1 aliphatic heterocycles. The predicted molar refractivity (Wildman–Crippen MR) is 100 cm³/mol. The Hall–Kier alpha value is -2.99. The summed E-state index contributed by atoms with van der Waals surface area (Å²) in [7, 11) is 0. The Bertz CT molecular complexity index is 939. The smallest absolute Gasteiger partial charge is 0.252 e. The number of carbonyl (C=O) groups excluding carboxylic acids is 2. The number of anilines is 1. The van der Waals surface area contributed by atoms with Gasteiger partial charge in [-0.05, 0) is 35.9 Å². The summed E-state index contributed by atoms with van der Waals surface area (Å²) in [5.41, 5.74) is 2.09. The maximum atomic E-state index is 12.8. The van der Waals surface area contributed by atoms with Crippen LogP contribution in [-0.4, -0.2) is 17.6 Å². The van der Waals surface area contributed by atoms with Crippen LogP contribution in [0.15, 0.2) is 76.2 Å². The van der Waals surface area contributed by atoms with Gasteiger partial charge in [0.05, 0.1) is 17.7 Å². The number of benzene rings is 2. The lowest BCUT2D eigenvalue weighted by Crippen LogP contribution is -2.29. The van der Waals surface area contributed by atoms with Crippen molar-refractivity contribution in [2.75, 3.05) is 11.1 Å². The molecule has 2 heterocycles. The van der Waals surface area contributed by atoms with Crippen molar-refractivity contribution < 1.29 is 14.0 Å². The molecule has 6 heteroatoms. The van der Waals surface area contributed by atoms with Crippen LogP contribution in [0.4, 0.5) is 5.69 Å². The first-order valence-electron chi connectivity index (χ1n) is 8.16. The molecule has 1 atom stereocenters. The highest BCUT2D eigenvalue weighted by Crippen LogP contribution is 2.32. The van der Waals surface area contributed by atoms with E-state index in [1.165, 1.54) is 11.8 Å². The van der Waals surface area contributed by atoms with Crippen LogP contribution in [0.2, 0.25) is 0 Å². The van der Waals surface area contributed by atoms with E-state index in [-0.39, 0.29) is 11.8 Å². The zero-order valence-corrected chi connectivity index (χ0v) is 14.6. The first kappa shape index (κ1) is 16.5. The summed E-state index contributed by atoms with van der Waals surface area (Å²) in [6.45, 7) is 0. The highest BCUT2D eigenvalue weighted by molar-refractivity contribution is 8.00. The number of nitrogens with one attached hydrogen (secondary N) is 2. The van der Waals surface area contributed by atoms with Gasteiger partial charge < -0.3 is 15.1 Å². The second kappa shape index (κ2) is 7.09. The third kappa shape index (κ3) is 3.36. The number of carbonyl (C=O) groups is 2. The molecule has 2 N–H and O–H groups in total. The topological polar surface area (TPSA) is 71.3 Å². The standard InChI is InChI=1S/C20H16N2O3S/c23-18-12-26-17-9-8-14(11-15(17)21-18)20(24)22-19(16-7-4-10-25-16)13-5-2-1-3-6-13/h1-11,19H,12H2,(H,21,23)(H,22,24). The first-order chi connectivity index (χ1) is 12.7. The van der Waals surface area contributed by atoms with Gasteiger partial charge in [-0.15, -0.1) is 11.8 Å². The number of amides is 2. The summed E-state index contributed by atoms with van der Waals surface area (Å²) in [5, 5.41) is 5.83. The highest BCUT2D eigenvalue weighted by Gasteiger charge is 2.22. The van der Waals surface area contributed by atoms with Crippen LogP contribution in [0.5, 0.6) is 0 Å². The third-order valence-corrected chi connectivity index (χ3v) is 5.18. The fraction of sp³-hybridized carbons (Fsp3) is 0.100. The van der Waals surface area contributed by atoms with Crippen LogP contribution in [0.1, 0.15) is 27.7 Å². The zero-order valence-electron chi connectivity index (χ0n) is 13.8. The minimum absolute atomic E-state index is 0.0576. The van der Waals surface area contributed by atoms with E-state index in [4.69, 9.17) is 4.42 Å². The molecule has 4 rings (SSSR count). The molecule has 0 saturated carbocycles. The zero-order chi connectivity index (χ0) is 17.9. The molecule has 1 unspecified atom stereocenters. The van der Waals surface area contributed by atoms with E-state index in [1.54, 1.807) is 24.5 Å². The molecule has 0 fully saturated rings. The van der Waals surface area contributed by atoms with E-state index in [2.05, 4.69) is 10.6 Å². The van der Waals surface area contributed by atoms with Crippen molar-refractivity contribution in [1.29, 1.82) is 0 Å². The fourth-order valence-corrected chi connectivity index (χ4v) is 3.65. The quantitative estimate of drug-likeness (QED) is 0.738. The van der Waals surface area contributed by atoms with E-state index in [1.807, 2.05) is 42.5 Å². The number of rotatable bonds is 4. The van der Waals surface area contributed by atoms with Crippen molar-refractivity contribution in [1.82, 2.24) is 5.32 Å². The van der Waals surface area contributed by atoms with Gasteiger partial charge in [0, 0.05) is 10.5 Å². The molecule has 2 aromatic carbocycles. The summed E-state index contributed by atoms with van der Waals surface area (Å²) in [6, 6.07) is 18.2. The number of thioether (sulfide) groups is 1. The molecule has 0 saturated heterocycles. The lowest BCUT2D eigenvalue weighted by atomic mass is 10.0. The molecule has 0 aliphatic carbocycles. The maximum absolute atomic E-state index is 12.8. The second-order valence-corrected chi connectivity index (χ2v) is 6.90. The van der Waals surface area contributed by atoms with Gasteiger partial charge in [0.1, 0.15) is 11.8 Å². The van der Waals surface area contributed by atoms with Gasteiger partial charge in [-0.3, -0.25) is 9.59 Å². The van der Waals surface area contributed by atoms with E-state index in [0.717, 1.165) is 10.5 Å². The van der Waals surface area contributed by atoms with Crippen molar-refractivity contribution >= 4 is 29.3 Å². The maximum Gasteiger partial charge on any atom is 0.252 e. The van der Waals surface area contributed by atoms with Gasteiger partial charge in [-0.25, -0.2) is 0 Å². The van der Waals surface area contributed by atoms with Crippen LogP contribution < -0.4 is 10.6 Å². The summed E-state index contributed by atoms with van der Waals surface area (Å²) >= 11 is 1.47. The predicted octanol–water partition coefficient (Wildman–Crippen LogP) is 3.84. The van der Waals surface area contributed by atoms with Gasteiger partial charge in [-0.2, -0.15) is 0 Å². The summed E-state index contributed by atoms with van der Waals surface area (Å²) in [5.74, 6) is 0.764. The highest BCUT2D eigenvalue weighted by atomic mass is 32.2. The van der Waals surface area contributed by atoms with Crippen molar-refractivity contribution in [2.24, 2.45) is 0 Å². The van der Waals surface area contributed by atoms with E-state index >= 15 is 0 Å². The van der Waals surface area contributed by atoms with Gasteiger partial charge in [-0.1, -0.05) is 30.3 Å². The van der Waals surface area contributed by atoms with Gasteiger partial charge >= 0.3 is 0 Å². The molecule has 26 heavy (non-hydrogen) atoms. The van der Waals surface area contributed by atoms with Gasteiger partial charge in [0.25, 0.3) is 5.91 Å². The van der Waals surface area contributed by atoms with Crippen molar-refractivity contribution in [2.45, 2.75) is 10.9 Å². The second-order valence-electron chi connectivity index (χ2n) is 5.88. The first-order valence-corrected chi connectivity index (χ1v) is 9.15. The normalized spacial score (nSPS) is 14.2. The summed E-state index contributed by atoms with van der Waals surface area (Å²) < 4.78 is 5.52. The molecule has 0 bridgehead atoms. The largest absolute Gasteiger partial charge is 0.467 e. The molecule has 2 amide bonds. The number of furan rings is 1. The van der Waals surface area contributed by atoms with Crippen LogP contribution in [0.3, 0.4) is 0 Å². The molecular formula is C20H16N2O3S. The van der Waals surface area contributed by atoms with Crippen LogP contribution in [0, 0.1) is 0 Å². The van der Waals surface area contributed by atoms with Gasteiger partial charge in [0.2, 0.25) is 5.91 Å².